The lowest BCUT2D eigenvalue weighted by molar-refractivity contribution is -0.396. The van der Waals surface area contributed by atoms with Gasteiger partial charge >= 0.3 is 29.4 Å². The van der Waals surface area contributed by atoms with Crippen LogP contribution in [0, 0.1) is 20.2 Å². The summed E-state index contributed by atoms with van der Waals surface area (Å²) >= 11 is 0. The number of aliphatic carboxylic acids is 1. The number of phenols is 1. The van der Waals surface area contributed by atoms with Gasteiger partial charge in [-0.05, 0) is 5.56 Å². The van der Waals surface area contributed by atoms with Crippen LogP contribution in [0.5, 0.6) is 5.75 Å². The first-order chi connectivity index (χ1) is 11.3. The summed E-state index contributed by atoms with van der Waals surface area (Å²) in [7, 11) is 0. The fourth-order valence-corrected chi connectivity index (χ4v) is 1.73. The van der Waals surface area contributed by atoms with Crippen molar-refractivity contribution in [1.29, 1.82) is 0 Å². The number of hydrogen-bond donors (Lipinski definition) is 3. The number of nitro benzene ring substituents is 2. The predicted octanol–water partition coefficient (Wildman–Crippen LogP) is 0.883. The number of carboxylic acid groups (broad SMARTS) is 1. The van der Waals surface area contributed by atoms with Crippen LogP contribution in [0.2, 0.25) is 0 Å². The van der Waals surface area contributed by atoms with E-state index in [1.807, 2.05) is 0 Å². The first-order valence-electron chi connectivity index (χ1n) is 6.09. The van der Waals surface area contributed by atoms with E-state index in [0.717, 1.165) is 5.32 Å². The minimum Gasteiger partial charge on any atom is -0.497 e. The second-order valence-electron chi connectivity index (χ2n) is 4.56. The number of nitrogens with one attached hydrogen (secondary N) is 1. The molecule has 0 aliphatic rings. The summed E-state index contributed by atoms with van der Waals surface area (Å²) in [5.74, 6) is -5.77. The number of amides is 1. The van der Waals surface area contributed by atoms with Crippen LogP contribution in [-0.4, -0.2) is 44.2 Å². The Balaban J connectivity index is 3.25. The normalized spacial score (nSPS) is 12.3. The third-order valence-electron chi connectivity index (χ3n) is 2.82. The first kappa shape index (κ1) is 19.6. The SMILES string of the molecule is O=C(O)[C@H](Cc1cc([N+](=O)[O-])c(O)c([N+](=O)[O-])c1)NC(=O)C(F)(F)F. The minimum atomic E-state index is -5.37. The second-order valence-corrected chi connectivity index (χ2v) is 4.56. The van der Waals surface area contributed by atoms with Gasteiger partial charge in [0.1, 0.15) is 6.04 Å². The summed E-state index contributed by atoms with van der Waals surface area (Å²) in [6.45, 7) is 0. The van der Waals surface area contributed by atoms with Crippen molar-refractivity contribution in [3.05, 3.63) is 37.9 Å². The van der Waals surface area contributed by atoms with Crippen LogP contribution in [0.4, 0.5) is 24.5 Å². The second kappa shape index (κ2) is 6.98. The molecule has 11 nitrogen and oxygen atoms in total. The van der Waals surface area contributed by atoms with E-state index in [1.54, 1.807) is 0 Å². The summed E-state index contributed by atoms with van der Waals surface area (Å²) in [5.41, 5.74) is -2.74. The predicted molar refractivity (Wildman–Crippen MR) is 70.7 cm³/mol. The number of aromatic hydroxyl groups is 1. The monoisotopic (exact) mass is 367 g/mol. The van der Waals surface area contributed by atoms with Crippen LogP contribution in [0.15, 0.2) is 12.1 Å². The first-order valence-corrected chi connectivity index (χ1v) is 6.09. The zero-order valence-corrected chi connectivity index (χ0v) is 11.8. The molecule has 1 rings (SSSR count). The molecule has 1 aromatic rings. The summed E-state index contributed by atoms with van der Waals surface area (Å²) in [6.07, 6.45) is -6.31. The fraction of sp³-hybridized carbons (Fsp3) is 0.273. The molecule has 0 saturated heterocycles. The molecule has 0 aliphatic heterocycles. The number of hydrogen-bond acceptors (Lipinski definition) is 7. The largest absolute Gasteiger partial charge is 0.497 e. The third-order valence-corrected chi connectivity index (χ3v) is 2.82. The molecule has 1 atom stereocenters. The number of halogens is 3. The highest BCUT2D eigenvalue weighted by molar-refractivity contribution is 5.87. The van der Waals surface area contributed by atoms with E-state index in [9.17, 15) is 48.1 Å². The van der Waals surface area contributed by atoms with E-state index in [2.05, 4.69) is 0 Å². The number of nitrogens with zero attached hydrogens (tertiary/aromatic N) is 2. The Labute approximate surface area is 135 Å². The molecule has 3 N–H and O–H groups in total. The Morgan fingerprint density at radius 2 is 1.60 bits per heavy atom. The van der Waals surface area contributed by atoms with Crippen molar-refractivity contribution in [2.45, 2.75) is 18.6 Å². The number of nitro groups is 2. The number of carbonyl (C=O) groups is 2. The van der Waals surface area contributed by atoms with Gasteiger partial charge in [-0.2, -0.15) is 13.2 Å². The summed E-state index contributed by atoms with van der Waals surface area (Å²) in [4.78, 5) is 40.9. The van der Waals surface area contributed by atoms with Crippen molar-refractivity contribution >= 4 is 23.3 Å². The molecule has 0 radical (unpaired) electrons. The van der Waals surface area contributed by atoms with Crippen molar-refractivity contribution < 1.29 is 42.8 Å². The van der Waals surface area contributed by atoms with Gasteiger partial charge in [-0.15, -0.1) is 0 Å². The molecule has 136 valence electrons. The van der Waals surface area contributed by atoms with Crippen molar-refractivity contribution in [2.75, 3.05) is 0 Å². The van der Waals surface area contributed by atoms with E-state index in [4.69, 9.17) is 5.11 Å². The standard InChI is InChI=1S/C11H8F3N3O8/c12-11(13,14)10(21)15-5(9(19)20)1-4-2-6(16(22)23)8(18)7(3-4)17(24)25/h2-3,5,18H,1H2,(H,15,21)(H,19,20)/t5-/m0/s1. The molecule has 25 heavy (non-hydrogen) atoms. The average Bonchev–Trinajstić information content (AvgIpc) is 2.46. The van der Waals surface area contributed by atoms with Gasteiger partial charge in [0.05, 0.1) is 9.85 Å². The Kier molecular flexibility index (Phi) is 5.47. The Morgan fingerprint density at radius 1 is 1.16 bits per heavy atom. The number of alkyl halides is 3. The topological polar surface area (TPSA) is 173 Å². The van der Waals surface area contributed by atoms with Gasteiger partial charge in [0.2, 0.25) is 0 Å². The molecule has 0 saturated carbocycles. The molecule has 0 spiro atoms. The number of phenolic OH excluding ortho intramolecular Hbond substituents is 1. The number of carbonyl (C=O) groups excluding carboxylic acids is 1. The molecular formula is C11H8F3N3O8. The minimum absolute atomic E-state index is 0.453. The zero-order chi connectivity index (χ0) is 19.5. The molecule has 0 heterocycles. The Bertz CT molecular complexity index is 714. The maximum atomic E-state index is 12.2. The lowest BCUT2D eigenvalue weighted by Crippen LogP contribution is -2.47. The average molecular weight is 367 g/mol. The fourth-order valence-electron chi connectivity index (χ4n) is 1.73. The highest BCUT2D eigenvalue weighted by Gasteiger charge is 2.41. The Hall–Kier alpha value is -3.45. The van der Waals surface area contributed by atoms with E-state index in [-0.39, 0.29) is 0 Å². The zero-order valence-electron chi connectivity index (χ0n) is 11.8. The van der Waals surface area contributed by atoms with Crippen molar-refractivity contribution in [1.82, 2.24) is 5.32 Å². The van der Waals surface area contributed by atoms with E-state index < -0.39 is 63.0 Å². The lowest BCUT2D eigenvalue weighted by Gasteiger charge is -2.15. The molecule has 0 aliphatic carbocycles. The van der Waals surface area contributed by atoms with E-state index >= 15 is 0 Å². The van der Waals surface area contributed by atoms with Crippen LogP contribution in [0.1, 0.15) is 5.56 Å². The molecule has 1 aromatic carbocycles. The lowest BCUT2D eigenvalue weighted by atomic mass is 10.0. The van der Waals surface area contributed by atoms with Gasteiger partial charge in [0.15, 0.2) is 0 Å². The van der Waals surface area contributed by atoms with Crippen molar-refractivity contribution in [3.8, 4) is 5.75 Å². The molecule has 0 bridgehead atoms. The van der Waals surface area contributed by atoms with Gasteiger partial charge < -0.3 is 15.5 Å². The highest BCUT2D eigenvalue weighted by atomic mass is 19.4. The molecule has 0 fully saturated rings. The van der Waals surface area contributed by atoms with Gasteiger partial charge in [-0.3, -0.25) is 25.0 Å². The van der Waals surface area contributed by atoms with Crippen LogP contribution in [0.3, 0.4) is 0 Å². The van der Waals surface area contributed by atoms with Crippen molar-refractivity contribution in [2.24, 2.45) is 0 Å². The molecule has 14 heteroatoms. The van der Waals surface area contributed by atoms with Crippen LogP contribution in [-0.2, 0) is 16.0 Å². The van der Waals surface area contributed by atoms with Crippen LogP contribution < -0.4 is 5.32 Å². The maximum Gasteiger partial charge on any atom is 0.471 e. The number of rotatable bonds is 6. The summed E-state index contributed by atoms with van der Waals surface area (Å²) in [5, 5.41) is 41.0. The number of carboxylic acids is 1. The van der Waals surface area contributed by atoms with Gasteiger partial charge in [-0.25, -0.2) is 4.79 Å². The van der Waals surface area contributed by atoms with Gasteiger partial charge in [0.25, 0.3) is 5.75 Å². The van der Waals surface area contributed by atoms with Crippen LogP contribution >= 0.6 is 0 Å². The summed E-state index contributed by atoms with van der Waals surface area (Å²) in [6, 6.07) is -1.06. The summed E-state index contributed by atoms with van der Waals surface area (Å²) < 4.78 is 36.6. The quantitative estimate of drug-likeness (QED) is 0.491. The molecule has 0 unspecified atom stereocenters. The van der Waals surface area contributed by atoms with Crippen molar-refractivity contribution in [3.63, 3.8) is 0 Å². The van der Waals surface area contributed by atoms with Crippen LogP contribution in [0.25, 0.3) is 0 Å². The smallest absolute Gasteiger partial charge is 0.471 e. The van der Waals surface area contributed by atoms with Gasteiger partial charge in [-0.1, -0.05) is 0 Å². The molecular weight excluding hydrogens is 359 g/mol. The number of benzene rings is 1. The van der Waals surface area contributed by atoms with Gasteiger partial charge in [0, 0.05) is 18.6 Å². The van der Waals surface area contributed by atoms with E-state index in [0.29, 0.717) is 12.1 Å². The third kappa shape index (κ3) is 4.76. The Morgan fingerprint density at radius 3 is 1.92 bits per heavy atom. The highest BCUT2D eigenvalue weighted by Crippen LogP contribution is 2.37. The molecule has 0 aromatic heterocycles. The van der Waals surface area contributed by atoms with E-state index in [1.165, 1.54) is 0 Å². The maximum absolute atomic E-state index is 12.2. The molecule has 1 amide bonds.